The number of carbonyl (C=O) groups excluding carboxylic acids is 1. The second kappa shape index (κ2) is 6.63. The van der Waals surface area contributed by atoms with Crippen molar-refractivity contribution in [3.05, 3.63) is 11.8 Å². The van der Waals surface area contributed by atoms with Gasteiger partial charge < -0.3 is 9.42 Å². The predicted octanol–water partition coefficient (Wildman–Crippen LogP) is 0.412. The van der Waals surface area contributed by atoms with Crippen LogP contribution in [0, 0.1) is 0 Å². The lowest BCUT2D eigenvalue weighted by atomic mass is 10.2. The topological polar surface area (TPSA) is 108 Å². The van der Waals surface area contributed by atoms with Gasteiger partial charge in [-0.15, -0.1) is 0 Å². The van der Waals surface area contributed by atoms with Crippen LogP contribution in [-0.4, -0.2) is 62.0 Å². The molecule has 0 spiro atoms. The van der Waals surface area contributed by atoms with Crippen LogP contribution in [0.4, 0.5) is 10.6 Å². The number of urea groups is 1. The molecule has 0 aromatic carbocycles. The summed E-state index contributed by atoms with van der Waals surface area (Å²) >= 11 is 0. The van der Waals surface area contributed by atoms with Crippen molar-refractivity contribution in [2.75, 3.05) is 38.5 Å². The molecular weight excluding hydrogens is 310 g/mol. The van der Waals surface area contributed by atoms with Crippen LogP contribution in [0.1, 0.15) is 25.5 Å². The van der Waals surface area contributed by atoms with Crippen molar-refractivity contribution in [3.8, 4) is 0 Å². The highest BCUT2D eigenvalue weighted by atomic mass is 32.2. The number of piperazine rings is 1. The number of aromatic nitrogens is 1. The third kappa shape index (κ3) is 3.76. The molecule has 2 rings (SSSR count). The van der Waals surface area contributed by atoms with Gasteiger partial charge in [0, 0.05) is 45.2 Å². The van der Waals surface area contributed by atoms with Gasteiger partial charge in [-0.2, -0.15) is 12.7 Å². The van der Waals surface area contributed by atoms with Gasteiger partial charge in [0.15, 0.2) is 5.82 Å². The third-order valence-electron chi connectivity index (χ3n) is 3.46. The van der Waals surface area contributed by atoms with Gasteiger partial charge in [-0.3, -0.25) is 5.32 Å². The van der Waals surface area contributed by atoms with E-state index in [0.29, 0.717) is 24.7 Å². The molecule has 0 unspecified atom stereocenters. The van der Waals surface area contributed by atoms with Crippen LogP contribution in [-0.2, 0) is 10.2 Å². The molecule has 124 valence electrons. The lowest BCUT2D eigenvalue weighted by molar-refractivity contribution is 0.184. The van der Waals surface area contributed by atoms with Crippen LogP contribution in [0.2, 0.25) is 0 Å². The minimum atomic E-state index is -3.44. The Balaban J connectivity index is 1.89. The number of hydrogen-bond acceptors (Lipinski definition) is 5. The second-order valence-electron chi connectivity index (χ2n) is 5.29. The molecule has 1 aromatic heterocycles. The number of rotatable bonds is 4. The number of nitrogens with one attached hydrogen (secondary N) is 2. The largest absolute Gasteiger partial charge is 0.359 e. The van der Waals surface area contributed by atoms with E-state index in [1.54, 1.807) is 11.0 Å². The summed E-state index contributed by atoms with van der Waals surface area (Å²) in [6, 6.07) is 1.37. The fraction of sp³-hybridized carbons (Fsp3) is 0.667. The Morgan fingerprint density at radius 1 is 1.32 bits per heavy atom. The smallest absolute Gasteiger partial charge is 0.323 e. The van der Waals surface area contributed by atoms with Gasteiger partial charge in [-0.25, -0.2) is 9.52 Å². The quantitative estimate of drug-likeness (QED) is 0.831. The van der Waals surface area contributed by atoms with Crippen molar-refractivity contribution in [1.82, 2.24) is 19.1 Å². The fourth-order valence-electron chi connectivity index (χ4n) is 2.07. The third-order valence-corrected chi connectivity index (χ3v) is 5.02. The van der Waals surface area contributed by atoms with E-state index in [-0.39, 0.29) is 25.0 Å². The maximum atomic E-state index is 12.1. The van der Waals surface area contributed by atoms with Crippen molar-refractivity contribution in [2.24, 2.45) is 0 Å². The Bertz CT molecular complexity index is 619. The Hall–Kier alpha value is -1.65. The highest BCUT2D eigenvalue weighted by Crippen LogP contribution is 2.18. The summed E-state index contributed by atoms with van der Waals surface area (Å²) in [6.07, 6.45) is 0. The summed E-state index contributed by atoms with van der Waals surface area (Å²) in [5.74, 6) is 1.24. The maximum absolute atomic E-state index is 12.1. The van der Waals surface area contributed by atoms with E-state index in [1.807, 2.05) is 13.8 Å². The summed E-state index contributed by atoms with van der Waals surface area (Å²) in [6.45, 7) is 5.09. The number of amides is 2. The molecule has 2 amide bonds. The van der Waals surface area contributed by atoms with Crippen molar-refractivity contribution >= 4 is 22.1 Å². The zero-order valence-corrected chi connectivity index (χ0v) is 13.7. The number of carbonyl (C=O) groups is 1. The van der Waals surface area contributed by atoms with Crippen LogP contribution < -0.4 is 10.0 Å². The molecule has 0 aliphatic carbocycles. The maximum Gasteiger partial charge on any atom is 0.323 e. The van der Waals surface area contributed by atoms with Crippen molar-refractivity contribution in [1.29, 1.82) is 0 Å². The monoisotopic (exact) mass is 331 g/mol. The molecule has 1 saturated heterocycles. The first-order valence-corrected chi connectivity index (χ1v) is 8.48. The Morgan fingerprint density at radius 2 is 1.95 bits per heavy atom. The summed E-state index contributed by atoms with van der Waals surface area (Å²) < 4.78 is 32.0. The molecule has 0 saturated carbocycles. The van der Waals surface area contributed by atoms with Crippen molar-refractivity contribution in [2.45, 2.75) is 19.8 Å². The number of anilines is 1. The predicted molar refractivity (Wildman–Crippen MR) is 80.7 cm³/mol. The minimum absolute atomic E-state index is 0.188. The lowest BCUT2D eigenvalue weighted by Gasteiger charge is -2.33. The molecular formula is C12H21N5O4S. The van der Waals surface area contributed by atoms with Crippen LogP contribution in [0.3, 0.4) is 0 Å². The zero-order valence-electron chi connectivity index (χ0n) is 12.9. The van der Waals surface area contributed by atoms with Gasteiger partial charge >= 0.3 is 6.03 Å². The SMILES string of the molecule is CNS(=O)(=O)N1CCN(C(=O)Nc2cc(C(C)C)on2)CC1. The molecule has 1 aliphatic heterocycles. The van der Waals surface area contributed by atoms with Gasteiger partial charge in [0.25, 0.3) is 10.2 Å². The van der Waals surface area contributed by atoms with Crippen LogP contribution in [0.25, 0.3) is 0 Å². The van der Waals surface area contributed by atoms with Gasteiger partial charge in [0.05, 0.1) is 0 Å². The molecule has 22 heavy (non-hydrogen) atoms. The van der Waals surface area contributed by atoms with E-state index < -0.39 is 10.2 Å². The summed E-state index contributed by atoms with van der Waals surface area (Å²) in [4.78, 5) is 13.7. The van der Waals surface area contributed by atoms with Crippen molar-refractivity contribution in [3.63, 3.8) is 0 Å². The summed E-state index contributed by atoms with van der Waals surface area (Å²) in [5, 5.41) is 6.44. The average Bonchev–Trinajstić information content (AvgIpc) is 2.96. The fourth-order valence-corrected chi connectivity index (χ4v) is 2.97. The molecule has 0 bridgehead atoms. The van der Waals surface area contributed by atoms with Crippen LogP contribution >= 0.6 is 0 Å². The van der Waals surface area contributed by atoms with Gasteiger partial charge in [-0.05, 0) is 0 Å². The highest BCUT2D eigenvalue weighted by molar-refractivity contribution is 7.87. The molecule has 1 aromatic rings. The van der Waals surface area contributed by atoms with Crippen LogP contribution in [0.5, 0.6) is 0 Å². The number of hydrogen-bond donors (Lipinski definition) is 2. The van der Waals surface area contributed by atoms with E-state index in [1.165, 1.54) is 11.4 Å². The van der Waals surface area contributed by atoms with E-state index >= 15 is 0 Å². The first kappa shape index (κ1) is 16.7. The van der Waals surface area contributed by atoms with Gasteiger partial charge in [0.2, 0.25) is 0 Å². The molecule has 0 radical (unpaired) electrons. The van der Waals surface area contributed by atoms with E-state index in [4.69, 9.17) is 4.52 Å². The molecule has 2 heterocycles. The lowest BCUT2D eigenvalue weighted by Crippen LogP contribution is -2.53. The molecule has 10 heteroatoms. The van der Waals surface area contributed by atoms with Gasteiger partial charge in [0.1, 0.15) is 5.76 Å². The first-order chi connectivity index (χ1) is 10.3. The highest BCUT2D eigenvalue weighted by Gasteiger charge is 2.28. The van der Waals surface area contributed by atoms with E-state index in [2.05, 4.69) is 15.2 Å². The molecule has 9 nitrogen and oxygen atoms in total. The zero-order chi connectivity index (χ0) is 16.3. The number of nitrogens with zero attached hydrogens (tertiary/aromatic N) is 3. The minimum Gasteiger partial charge on any atom is -0.359 e. The molecule has 1 aliphatic rings. The Labute approximate surface area is 129 Å². The average molecular weight is 331 g/mol. The van der Waals surface area contributed by atoms with Crippen molar-refractivity contribution < 1.29 is 17.7 Å². The Kier molecular flexibility index (Phi) is 5.04. The summed E-state index contributed by atoms with van der Waals surface area (Å²) in [5.41, 5.74) is 0. The molecule has 2 N–H and O–H groups in total. The molecule has 1 fully saturated rings. The Morgan fingerprint density at radius 3 is 2.45 bits per heavy atom. The molecule has 0 atom stereocenters. The summed E-state index contributed by atoms with van der Waals surface area (Å²) in [7, 11) is -2.07. The van der Waals surface area contributed by atoms with E-state index in [0.717, 1.165) is 0 Å². The van der Waals surface area contributed by atoms with E-state index in [9.17, 15) is 13.2 Å². The second-order valence-corrected chi connectivity index (χ2v) is 7.17. The van der Waals surface area contributed by atoms with Crippen LogP contribution in [0.15, 0.2) is 10.6 Å². The normalized spacial score (nSPS) is 17.0. The van der Waals surface area contributed by atoms with Gasteiger partial charge in [-0.1, -0.05) is 19.0 Å². The first-order valence-electron chi connectivity index (χ1n) is 7.04. The standard InChI is InChI=1S/C12H21N5O4S/c1-9(2)10-8-11(15-21-10)14-12(18)16-4-6-17(7-5-16)22(19,20)13-3/h8-9,13H,4-7H2,1-3H3,(H,14,15,18).